The minimum atomic E-state index is -0.134. The van der Waals surface area contributed by atoms with Crippen LogP contribution in [0.2, 0.25) is 0 Å². The van der Waals surface area contributed by atoms with Crippen LogP contribution in [0.4, 0.5) is 0 Å². The molecule has 0 bridgehead atoms. The molecule has 3 aliphatic rings. The van der Waals surface area contributed by atoms with E-state index in [0.717, 1.165) is 38.8 Å². The van der Waals surface area contributed by atoms with Gasteiger partial charge in [0.1, 0.15) is 5.76 Å². The number of furan rings is 1. The van der Waals surface area contributed by atoms with E-state index in [1.54, 1.807) is 19.3 Å². The van der Waals surface area contributed by atoms with Gasteiger partial charge in [-0.1, -0.05) is 0 Å². The normalized spacial score (nSPS) is 25.7. The van der Waals surface area contributed by atoms with Crippen molar-refractivity contribution in [2.45, 2.75) is 32.6 Å². The predicted molar refractivity (Wildman–Crippen MR) is 91.1 cm³/mol. The van der Waals surface area contributed by atoms with Gasteiger partial charge in [-0.05, 0) is 38.7 Å². The van der Waals surface area contributed by atoms with Crippen LogP contribution >= 0.6 is 0 Å². The quantitative estimate of drug-likeness (QED) is 0.822. The molecule has 3 saturated heterocycles. The molecular weight excluding hydrogens is 320 g/mol. The average Bonchev–Trinajstić information content (AvgIpc) is 3.35. The topological polar surface area (TPSA) is 63.0 Å². The summed E-state index contributed by atoms with van der Waals surface area (Å²) in [7, 11) is 0. The molecule has 1 aromatic rings. The Hall–Kier alpha value is -1.82. The summed E-state index contributed by atoms with van der Waals surface area (Å²) in [4.78, 5) is 30.0. The summed E-state index contributed by atoms with van der Waals surface area (Å²) in [5.41, 5.74) is 0.474. The highest BCUT2D eigenvalue weighted by Crippen LogP contribution is 2.45. The number of carbonyl (C=O) groups is 2. The summed E-state index contributed by atoms with van der Waals surface area (Å²) in [5.74, 6) is 0.749. The third kappa shape index (κ3) is 2.86. The Morgan fingerprint density at radius 3 is 2.52 bits per heavy atom. The maximum atomic E-state index is 13.2. The van der Waals surface area contributed by atoms with Gasteiger partial charge in [0, 0.05) is 44.8 Å². The van der Waals surface area contributed by atoms with Crippen LogP contribution in [0.5, 0.6) is 0 Å². The van der Waals surface area contributed by atoms with Crippen LogP contribution in [0.3, 0.4) is 0 Å². The predicted octanol–water partition coefficient (Wildman–Crippen LogP) is 2.08. The molecule has 4 rings (SSSR count). The number of carbonyl (C=O) groups excluding carboxylic acids is 2. The fraction of sp³-hybridized carbons (Fsp3) is 0.684. The van der Waals surface area contributed by atoms with Crippen molar-refractivity contribution < 1.29 is 18.7 Å². The van der Waals surface area contributed by atoms with Gasteiger partial charge in [-0.15, -0.1) is 0 Å². The highest BCUT2D eigenvalue weighted by Gasteiger charge is 2.53. The largest absolute Gasteiger partial charge is 0.469 e. The van der Waals surface area contributed by atoms with E-state index in [1.165, 1.54) is 0 Å². The highest BCUT2D eigenvalue weighted by molar-refractivity contribution is 5.96. The number of rotatable bonds is 2. The lowest BCUT2D eigenvalue weighted by molar-refractivity contribution is -0.139. The van der Waals surface area contributed by atoms with E-state index >= 15 is 0 Å². The number of likely N-dealkylation sites (tertiary alicyclic amines) is 2. The molecule has 3 fully saturated rings. The van der Waals surface area contributed by atoms with Crippen LogP contribution in [0.15, 0.2) is 16.7 Å². The number of aryl methyl sites for hydroxylation is 1. The molecule has 1 spiro atoms. The lowest BCUT2D eigenvalue weighted by Crippen LogP contribution is -2.45. The van der Waals surface area contributed by atoms with Gasteiger partial charge in [-0.3, -0.25) is 9.59 Å². The van der Waals surface area contributed by atoms with Crippen LogP contribution in [-0.4, -0.2) is 61.0 Å². The van der Waals surface area contributed by atoms with Crippen LogP contribution in [0.25, 0.3) is 0 Å². The summed E-state index contributed by atoms with van der Waals surface area (Å²) in [6.45, 7) is 6.03. The third-order valence-corrected chi connectivity index (χ3v) is 6.23. The fourth-order valence-corrected chi connectivity index (χ4v) is 4.68. The van der Waals surface area contributed by atoms with Gasteiger partial charge in [0.05, 0.1) is 17.7 Å². The summed E-state index contributed by atoms with van der Waals surface area (Å²) < 4.78 is 10.8. The zero-order valence-electron chi connectivity index (χ0n) is 14.8. The Balaban J connectivity index is 1.59. The number of amides is 2. The SMILES string of the molecule is Cc1occc1C(=O)N1C[C@@H](C(=O)N2CCCC2)C2(CCOCC2)C1. The molecule has 1 atom stereocenters. The molecule has 0 unspecified atom stereocenters. The smallest absolute Gasteiger partial charge is 0.257 e. The van der Waals surface area contributed by atoms with Crippen molar-refractivity contribution >= 4 is 11.8 Å². The molecule has 0 aromatic carbocycles. The van der Waals surface area contributed by atoms with Crippen molar-refractivity contribution in [1.29, 1.82) is 0 Å². The Morgan fingerprint density at radius 1 is 1.16 bits per heavy atom. The zero-order chi connectivity index (χ0) is 17.4. The van der Waals surface area contributed by atoms with Gasteiger partial charge in [0.15, 0.2) is 0 Å². The van der Waals surface area contributed by atoms with Gasteiger partial charge in [-0.2, -0.15) is 0 Å². The standard InChI is InChI=1S/C19H26N2O4/c1-14-15(4-9-25-14)17(22)21-12-16(18(23)20-7-2-3-8-20)19(13-21)5-10-24-11-6-19/h4,9,16H,2-3,5-8,10-13H2,1H3/t16-/m0/s1. The van der Waals surface area contributed by atoms with Crippen molar-refractivity contribution in [3.63, 3.8) is 0 Å². The molecule has 136 valence electrons. The molecule has 0 aliphatic carbocycles. The highest BCUT2D eigenvalue weighted by atomic mass is 16.5. The summed E-state index contributed by atoms with van der Waals surface area (Å²) in [6, 6.07) is 1.73. The van der Waals surface area contributed by atoms with Gasteiger partial charge >= 0.3 is 0 Å². The maximum absolute atomic E-state index is 13.2. The maximum Gasteiger partial charge on any atom is 0.257 e. The van der Waals surface area contributed by atoms with Gasteiger partial charge in [-0.25, -0.2) is 0 Å². The molecule has 6 nitrogen and oxygen atoms in total. The number of nitrogens with zero attached hydrogens (tertiary/aromatic N) is 2. The first kappa shape index (κ1) is 16.6. The minimum Gasteiger partial charge on any atom is -0.469 e. The molecule has 3 aliphatic heterocycles. The van der Waals surface area contributed by atoms with Crippen molar-refractivity contribution in [3.05, 3.63) is 23.7 Å². The van der Waals surface area contributed by atoms with E-state index in [1.807, 2.05) is 9.80 Å². The number of ether oxygens (including phenoxy) is 1. The number of hydrogen-bond acceptors (Lipinski definition) is 4. The second kappa shape index (κ2) is 6.48. The van der Waals surface area contributed by atoms with Crippen molar-refractivity contribution in [2.24, 2.45) is 11.3 Å². The van der Waals surface area contributed by atoms with E-state index < -0.39 is 0 Å². The van der Waals surface area contributed by atoms with E-state index in [2.05, 4.69) is 0 Å². The lowest BCUT2D eigenvalue weighted by atomic mass is 9.71. The van der Waals surface area contributed by atoms with Crippen molar-refractivity contribution in [1.82, 2.24) is 9.80 Å². The molecule has 2 amide bonds. The molecule has 1 aromatic heterocycles. The average molecular weight is 346 g/mol. The second-order valence-electron chi connectivity index (χ2n) is 7.64. The lowest BCUT2D eigenvalue weighted by Gasteiger charge is -2.38. The van der Waals surface area contributed by atoms with Gasteiger partial charge in [0.25, 0.3) is 5.91 Å². The first-order chi connectivity index (χ1) is 12.1. The first-order valence-corrected chi connectivity index (χ1v) is 9.31. The van der Waals surface area contributed by atoms with E-state index in [0.29, 0.717) is 37.6 Å². The van der Waals surface area contributed by atoms with Crippen molar-refractivity contribution in [2.75, 3.05) is 39.4 Å². The molecule has 0 N–H and O–H groups in total. The zero-order valence-corrected chi connectivity index (χ0v) is 14.8. The third-order valence-electron chi connectivity index (χ3n) is 6.23. The van der Waals surface area contributed by atoms with E-state index in [9.17, 15) is 9.59 Å². The van der Waals surface area contributed by atoms with Gasteiger partial charge < -0.3 is 19.0 Å². The molecule has 0 saturated carbocycles. The Bertz CT molecular complexity index is 656. The Labute approximate surface area is 148 Å². The van der Waals surface area contributed by atoms with Gasteiger partial charge in [0.2, 0.25) is 5.91 Å². The fourth-order valence-electron chi connectivity index (χ4n) is 4.68. The summed E-state index contributed by atoms with van der Waals surface area (Å²) >= 11 is 0. The summed E-state index contributed by atoms with van der Waals surface area (Å²) in [6.07, 6.45) is 5.43. The monoisotopic (exact) mass is 346 g/mol. The van der Waals surface area contributed by atoms with E-state index in [4.69, 9.17) is 9.15 Å². The van der Waals surface area contributed by atoms with Crippen LogP contribution < -0.4 is 0 Å². The Morgan fingerprint density at radius 2 is 1.88 bits per heavy atom. The minimum absolute atomic E-state index is 0.0196. The summed E-state index contributed by atoms with van der Waals surface area (Å²) in [5, 5.41) is 0. The Kier molecular flexibility index (Phi) is 4.31. The van der Waals surface area contributed by atoms with Crippen LogP contribution in [0.1, 0.15) is 41.8 Å². The first-order valence-electron chi connectivity index (χ1n) is 9.31. The molecule has 0 radical (unpaired) electrons. The van der Waals surface area contributed by atoms with Crippen LogP contribution in [0, 0.1) is 18.3 Å². The molecule has 25 heavy (non-hydrogen) atoms. The van der Waals surface area contributed by atoms with Crippen molar-refractivity contribution in [3.8, 4) is 0 Å². The number of hydrogen-bond donors (Lipinski definition) is 0. The molecule has 6 heteroatoms. The van der Waals surface area contributed by atoms with E-state index in [-0.39, 0.29) is 23.1 Å². The molecular formula is C19H26N2O4. The second-order valence-corrected chi connectivity index (χ2v) is 7.64. The molecule has 4 heterocycles. The van der Waals surface area contributed by atoms with Crippen LogP contribution in [-0.2, 0) is 9.53 Å².